The van der Waals surface area contributed by atoms with Crippen LogP contribution in [0.4, 0.5) is 0 Å². The quantitative estimate of drug-likeness (QED) is 0.726. The molecule has 2 fully saturated rings. The number of tetrazole rings is 1. The van der Waals surface area contributed by atoms with Crippen molar-refractivity contribution in [1.29, 1.82) is 0 Å². The molecule has 4 rings (SSSR count). The molecule has 2 saturated heterocycles. The van der Waals surface area contributed by atoms with Gasteiger partial charge in [0.05, 0.1) is 5.69 Å². The molecular formula is C22H32N6O2. The molecule has 2 aliphatic rings. The predicted octanol–water partition coefficient (Wildman–Crippen LogP) is 2.69. The third-order valence-corrected chi connectivity index (χ3v) is 6.19. The summed E-state index contributed by atoms with van der Waals surface area (Å²) >= 11 is 0. The zero-order valence-electron chi connectivity index (χ0n) is 17.8. The molecule has 8 nitrogen and oxygen atoms in total. The number of likely N-dealkylation sites (tertiary alicyclic amines) is 2. The number of hydrogen-bond donors (Lipinski definition) is 0. The Balaban J connectivity index is 1.36. The van der Waals surface area contributed by atoms with Crippen molar-refractivity contribution in [2.24, 2.45) is 0 Å². The van der Waals surface area contributed by atoms with E-state index in [4.69, 9.17) is 4.74 Å². The van der Waals surface area contributed by atoms with Gasteiger partial charge in [0.25, 0.3) is 5.91 Å². The second-order valence-corrected chi connectivity index (χ2v) is 8.40. The smallest absolute Gasteiger partial charge is 0.263 e. The molecule has 0 N–H and O–H groups in total. The lowest BCUT2D eigenvalue weighted by molar-refractivity contribution is -0.142. The largest absolute Gasteiger partial charge is 0.481 e. The van der Waals surface area contributed by atoms with Crippen LogP contribution in [0.25, 0.3) is 5.69 Å². The second-order valence-electron chi connectivity index (χ2n) is 8.40. The molecule has 2 aromatic rings. The molecule has 8 heteroatoms. The molecule has 30 heavy (non-hydrogen) atoms. The van der Waals surface area contributed by atoms with Crippen molar-refractivity contribution in [2.75, 3.05) is 26.2 Å². The molecule has 162 valence electrons. The summed E-state index contributed by atoms with van der Waals surface area (Å²) in [6.07, 6.45) is 9.64. The number of rotatable bonds is 6. The molecule has 0 spiro atoms. The van der Waals surface area contributed by atoms with E-state index in [0.717, 1.165) is 44.7 Å². The Bertz CT molecular complexity index is 786. The summed E-state index contributed by atoms with van der Waals surface area (Å²) in [5.41, 5.74) is 0.847. The van der Waals surface area contributed by atoms with Crippen LogP contribution < -0.4 is 4.74 Å². The molecule has 0 saturated carbocycles. The molecule has 2 aliphatic heterocycles. The number of carbonyl (C=O) groups excluding carboxylic acids is 1. The van der Waals surface area contributed by atoms with Crippen LogP contribution >= 0.6 is 0 Å². The molecule has 1 amide bonds. The Morgan fingerprint density at radius 2 is 1.80 bits per heavy atom. The van der Waals surface area contributed by atoms with E-state index in [1.165, 1.54) is 32.1 Å². The lowest BCUT2D eigenvalue weighted by Gasteiger charge is -2.39. The third kappa shape index (κ3) is 5.16. The zero-order valence-corrected chi connectivity index (χ0v) is 17.8. The number of benzene rings is 1. The van der Waals surface area contributed by atoms with Crippen LogP contribution in [0.1, 0.15) is 51.9 Å². The van der Waals surface area contributed by atoms with Gasteiger partial charge in [0.1, 0.15) is 12.1 Å². The molecule has 0 aliphatic carbocycles. The number of carbonyl (C=O) groups is 1. The molecule has 0 radical (unpaired) electrons. The van der Waals surface area contributed by atoms with Crippen LogP contribution in [0, 0.1) is 0 Å². The lowest BCUT2D eigenvalue weighted by Crippen LogP contribution is -2.53. The lowest BCUT2D eigenvalue weighted by atomic mass is 10.0. The van der Waals surface area contributed by atoms with Gasteiger partial charge in [-0.25, -0.2) is 4.68 Å². The SMILES string of the molecule is C[C@H](Oc1ccc(-n2cnnn2)cc1)C(=O)N1CCCC[C@@H]1CN1CCCCCC1. The summed E-state index contributed by atoms with van der Waals surface area (Å²) < 4.78 is 7.58. The van der Waals surface area contributed by atoms with E-state index in [1.807, 2.05) is 31.2 Å². The van der Waals surface area contributed by atoms with Crippen molar-refractivity contribution < 1.29 is 9.53 Å². The van der Waals surface area contributed by atoms with E-state index in [1.54, 1.807) is 11.0 Å². The number of hydrogen-bond acceptors (Lipinski definition) is 6. The fraction of sp³-hybridized carbons (Fsp3) is 0.636. The van der Waals surface area contributed by atoms with Gasteiger partial charge in [-0.15, -0.1) is 5.10 Å². The molecule has 3 heterocycles. The molecule has 1 aromatic heterocycles. The van der Waals surface area contributed by atoms with Crippen LogP contribution in [0.2, 0.25) is 0 Å². The maximum atomic E-state index is 13.2. The predicted molar refractivity (Wildman–Crippen MR) is 114 cm³/mol. The maximum absolute atomic E-state index is 13.2. The first-order valence-electron chi connectivity index (χ1n) is 11.2. The van der Waals surface area contributed by atoms with E-state index in [0.29, 0.717) is 11.8 Å². The summed E-state index contributed by atoms with van der Waals surface area (Å²) in [5.74, 6) is 0.771. The minimum absolute atomic E-state index is 0.0964. The Morgan fingerprint density at radius 3 is 2.50 bits per heavy atom. The highest BCUT2D eigenvalue weighted by Gasteiger charge is 2.31. The van der Waals surface area contributed by atoms with Crippen molar-refractivity contribution in [1.82, 2.24) is 30.0 Å². The van der Waals surface area contributed by atoms with E-state index >= 15 is 0 Å². The molecule has 0 unspecified atom stereocenters. The summed E-state index contributed by atoms with van der Waals surface area (Å²) in [5, 5.41) is 11.2. The zero-order chi connectivity index (χ0) is 20.8. The Kier molecular flexibility index (Phi) is 6.94. The Morgan fingerprint density at radius 1 is 1.07 bits per heavy atom. The molecule has 0 bridgehead atoms. The topological polar surface area (TPSA) is 76.4 Å². The van der Waals surface area contributed by atoms with Crippen molar-refractivity contribution in [3.8, 4) is 11.4 Å². The summed E-state index contributed by atoms with van der Waals surface area (Å²) in [7, 11) is 0. The Labute approximate surface area is 178 Å². The van der Waals surface area contributed by atoms with Gasteiger partial charge in [-0.2, -0.15) is 0 Å². The highest BCUT2D eigenvalue weighted by molar-refractivity contribution is 5.81. The van der Waals surface area contributed by atoms with Crippen molar-refractivity contribution in [3.05, 3.63) is 30.6 Å². The summed E-state index contributed by atoms with van der Waals surface area (Å²) in [6.45, 7) is 6.02. The van der Waals surface area contributed by atoms with E-state index < -0.39 is 6.10 Å². The van der Waals surface area contributed by atoms with Gasteiger partial charge in [0.2, 0.25) is 0 Å². The average molecular weight is 413 g/mol. The van der Waals surface area contributed by atoms with Crippen LogP contribution in [-0.4, -0.2) is 74.2 Å². The first-order chi connectivity index (χ1) is 14.7. The van der Waals surface area contributed by atoms with Crippen molar-refractivity contribution >= 4 is 5.91 Å². The minimum Gasteiger partial charge on any atom is -0.481 e. The normalized spacial score (nSPS) is 21.8. The first-order valence-corrected chi connectivity index (χ1v) is 11.2. The number of ether oxygens (including phenoxy) is 1. The third-order valence-electron chi connectivity index (χ3n) is 6.19. The van der Waals surface area contributed by atoms with Gasteiger partial charge >= 0.3 is 0 Å². The summed E-state index contributed by atoms with van der Waals surface area (Å²) in [4.78, 5) is 17.9. The number of piperidine rings is 1. The first kappa shape index (κ1) is 20.8. The van der Waals surface area contributed by atoms with Crippen LogP contribution in [0.15, 0.2) is 30.6 Å². The molecule has 1 aromatic carbocycles. The minimum atomic E-state index is -0.506. The van der Waals surface area contributed by atoms with Crippen LogP contribution in [0.5, 0.6) is 5.75 Å². The molecule has 2 atom stereocenters. The maximum Gasteiger partial charge on any atom is 0.263 e. The molecular weight excluding hydrogens is 380 g/mol. The van der Waals surface area contributed by atoms with E-state index in [-0.39, 0.29) is 5.91 Å². The number of nitrogens with zero attached hydrogens (tertiary/aromatic N) is 6. The van der Waals surface area contributed by atoms with Crippen molar-refractivity contribution in [2.45, 2.75) is 64.0 Å². The summed E-state index contributed by atoms with van der Waals surface area (Å²) in [6, 6.07) is 7.77. The van der Waals surface area contributed by atoms with Crippen LogP contribution in [0.3, 0.4) is 0 Å². The second kappa shape index (κ2) is 10.0. The highest BCUT2D eigenvalue weighted by atomic mass is 16.5. The van der Waals surface area contributed by atoms with Crippen molar-refractivity contribution in [3.63, 3.8) is 0 Å². The Hall–Kier alpha value is -2.48. The van der Waals surface area contributed by atoms with Gasteiger partial charge in [-0.05, 0) is 86.8 Å². The van der Waals surface area contributed by atoms with Gasteiger partial charge in [0, 0.05) is 19.1 Å². The fourth-order valence-corrected chi connectivity index (χ4v) is 4.54. The van der Waals surface area contributed by atoms with Crippen LogP contribution in [-0.2, 0) is 4.79 Å². The van der Waals surface area contributed by atoms with Gasteiger partial charge in [-0.3, -0.25) is 4.79 Å². The monoisotopic (exact) mass is 412 g/mol. The standard InChI is InChI=1S/C22H32N6O2/c1-18(30-21-11-9-19(10-12-21)28-17-23-24-25-28)22(29)27-15-7-4-8-20(27)16-26-13-5-2-3-6-14-26/h9-12,17-18,20H,2-8,13-16H2,1H3/t18-,20+/m0/s1. The highest BCUT2D eigenvalue weighted by Crippen LogP contribution is 2.22. The number of aromatic nitrogens is 4. The average Bonchev–Trinajstić information content (AvgIpc) is 3.19. The van der Waals surface area contributed by atoms with Gasteiger partial charge in [0.15, 0.2) is 6.10 Å². The fourth-order valence-electron chi connectivity index (χ4n) is 4.54. The van der Waals surface area contributed by atoms with Gasteiger partial charge < -0.3 is 14.5 Å². The number of amides is 1. The van der Waals surface area contributed by atoms with E-state index in [2.05, 4.69) is 25.3 Å². The van der Waals surface area contributed by atoms with Gasteiger partial charge in [-0.1, -0.05) is 12.8 Å². The van der Waals surface area contributed by atoms with E-state index in [9.17, 15) is 4.79 Å².